The van der Waals surface area contributed by atoms with E-state index in [0.29, 0.717) is 11.3 Å². The number of amides is 2. The summed E-state index contributed by atoms with van der Waals surface area (Å²) in [6.45, 7) is 1.49. The highest BCUT2D eigenvalue weighted by Gasteiger charge is 2.12. The molecular weight excluding hydrogens is 270 g/mol. The molecule has 100 valence electrons. The van der Waals surface area contributed by atoms with Gasteiger partial charge in [-0.2, -0.15) is 5.26 Å². The standard InChI is InChI=1S/C12H12ClN3O3/c1-7(11(17)18)6-15-12(19)16-10-3-2-8(5-14)4-9(10)13/h2-4,7H,6H2,1H3,(H,17,18)(H2,15,16,19). The van der Waals surface area contributed by atoms with Gasteiger partial charge in [-0.1, -0.05) is 18.5 Å². The van der Waals surface area contributed by atoms with Crippen molar-refractivity contribution in [2.75, 3.05) is 11.9 Å². The summed E-state index contributed by atoms with van der Waals surface area (Å²) in [5.41, 5.74) is 0.733. The van der Waals surface area contributed by atoms with Gasteiger partial charge >= 0.3 is 12.0 Å². The molecule has 0 spiro atoms. The summed E-state index contributed by atoms with van der Waals surface area (Å²) in [7, 11) is 0. The predicted molar refractivity (Wildman–Crippen MR) is 70.0 cm³/mol. The summed E-state index contributed by atoms with van der Waals surface area (Å²) in [6.07, 6.45) is 0. The first kappa shape index (κ1) is 14.8. The Balaban J connectivity index is 2.58. The minimum atomic E-state index is -0.989. The van der Waals surface area contributed by atoms with Gasteiger partial charge in [0, 0.05) is 6.54 Å². The Morgan fingerprint density at radius 2 is 2.21 bits per heavy atom. The van der Waals surface area contributed by atoms with E-state index < -0.39 is 17.9 Å². The van der Waals surface area contributed by atoms with Crippen LogP contribution in [0.15, 0.2) is 18.2 Å². The van der Waals surface area contributed by atoms with Gasteiger partial charge in [0.2, 0.25) is 0 Å². The summed E-state index contributed by atoms with van der Waals surface area (Å²) in [6, 6.07) is 5.81. The van der Waals surface area contributed by atoms with Gasteiger partial charge in [0.15, 0.2) is 0 Å². The number of anilines is 1. The Kier molecular flexibility index (Phi) is 5.15. The van der Waals surface area contributed by atoms with Gasteiger partial charge < -0.3 is 15.7 Å². The third-order valence-electron chi connectivity index (χ3n) is 2.34. The van der Waals surface area contributed by atoms with E-state index in [1.165, 1.54) is 25.1 Å². The first-order valence-electron chi connectivity index (χ1n) is 5.41. The van der Waals surface area contributed by atoms with Crippen LogP contribution in [0, 0.1) is 17.2 Å². The van der Waals surface area contributed by atoms with E-state index in [9.17, 15) is 9.59 Å². The fourth-order valence-corrected chi connectivity index (χ4v) is 1.41. The van der Waals surface area contributed by atoms with Crippen LogP contribution in [0.4, 0.5) is 10.5 Å². The van der Waals surface area contributed by atoms with E-state index in [1.54, 1.807) is 0 Å². The summed E-state index contributed by atoms with van der Waals surface area (Å²) < 4.78 is 0. The molecule has 6 nitrogen and oxygen atoms in total. The lowest BCUT2D eigenvalue weighted by molar-refractivity contribution is -0.140. The fraction of sp³-hybridized carbons (Fsp3) is 0.250. The number of nitriles is 1. The van der Waals surface area contributed by atoms with Crippen LogP contribution < -0.4 is 10.6 Å². The smallest absolute Gasteiger partial charge is 0.319 e. The highest BCUT2D eigenvalue weighted by atomic mass is 35.5. The molecule has 0 aliphatic rings. The minimum Gasteiger partial charge on any atom is -0.481 e. The quantitative estimate of drug-likeness (QED) is 0.786. The van der Waals surface area contributed by atoms with Crippen molar-refractivity contribution in [1.29, 1.82) is 5.26 Å². The number of aliphatic carboxylic acids is 1. The van der Waals surface area contributed by atoms with Crippen molar-refractivity contribution >= 4 is 29.3 Å². The number of carbonyl (C=O) groups excluding carboxylic acids is 1. The molecule has 0 aliphatic heterocycles. The third kappa shape index (κ3) is 4.48. The van der Waals surface area contributed by atoms with Gasteiger partial charge in [-0.05, 0) is 18.2 Å². The molecule has 0 saturated heterocycles. The van der Waals surface area contributed by atoms with Crippen molar-refractivity contribution < 1.29 is 14.7 Å². The monoisotopic (exact) mass is 281 g/mol. The van der Waals surface area contributed by atoms with E-state index in [4.69, 9.17) is 22.0 Å². The molecule has 0 saturated carbocycles. The number of carboxylic acid groups (broad SMARTS) is 1. The second-order valence-electron chi connectivity index (χ2n) is 3.88. The molecule has 3 N–H and O–H groups in total. The Morgan fingerprint density at radius 3 is 2.74 bits per heavy atom. The number of carboxylic acids is 1. The molecule has 7 heteroatoms. The number of nitrogens with zero attached hydrogens (tertiary/aromatic N) is 1. The molecule has 0 aromatic heterocycles. The summed E-state index contributed by atoms with van der Waals surface area (Å²) in [5, 5.41) is 22.5. The maximum Gasteiger partial charge on any atom is 0.319 e. The predicted octanol–water partition coefficient (Wildman–Crippen LogP) is 2.05. The average molecular weight is 282 g/mol. The van der Waals surface area contributed by atoms with Gasteiger partial charge in [0.1, 0.15) is 0 Å². The third-order valence-corrected chi connectivity index (χ3v) is 2.65. The van der Waals surface area contributed by atoms with Crippen LogP contribution in [0.5, 0.6) is 0 Å². The number of urea groups is 1. The van der Waals surface area contributed by atoms with Gasteiger partial charge in [0.25, 0.3) is 0 Å². The molecule has 1 atom stereocenters. The van der Waals surface area contributed by atoms with Crippen molar-refractivity contribution in [2.24, 2.45) is 5.92 Å². The molecule has 0 fully saturated rings. The molecular formula is C12H12ClN3O3. The van der Waals surface area contributed by atoms with Crippen LogP contribution in [0.25, 0.3) is 0 Å². The Bertz CT molecular complexity index is 540. The van der Waals surface area contributed by atoms with E-state index in [1.807, 2.05) is 6.07 Å². The van der Waals surface area contributed by atoms with Gasteiger partial charge in [-0.15, -0.1) is 0 Å². The van der Waals surface area contributed by atoms with Crippen molar-refractivity contribution in [3.63, 3.8) is 0 Å². The largest absolute Gasteiger partial charge is 0.481 e. The van der Waals surface area contributed by atoms with Gasteiger partial charge in [-0.3, -0.25) is 4.79 Å². The maximum absolute atomic E-state index is 11.5. The van der Waals surface area contributed by atoms with E-state index in [-0.39, 0.29) is 11.6 Å². The zero-order valence-corrected chi connectivity index (χ0v) is 10.9. The zero-order chi connectivity index (χ0) is 14.4. The van der Waals surface area contributed by atoms with Crippen molar-refractivity contribution in [2.45, 2.75) is 6.92 Å². The van der Waals surface area contributed by atoms with Crippen LogP contribution in [-0.4, -0.2) is 23.7 Å². The van der Waals surface area contributed by atoms with E-state index in [0.717, 1.165) is 0 Å². The molecule has 1 aromatic carbocycles. The molecule has 1 rings (SSSR count). The number of rotatable bonds is 4. The van der Waals surface area contributed by atoms with Crippen molar-refractivity contribution in [1.82, 2.24) is 5.32 Å². The van der Waals surface area contributed by atoms with Crippen molar-refractivity contribution in [3.8, 4) is 6.07 Å². The lowest BCUT2D eigenvalue weighted by Gasteiger charge is -2.10. The van der Waals surface area contributed by atoms with Gasteiger partial charge in [-0.25, -0.2) is 4.79 Å². The normalized spacial score (nSPS) is 11.2. The number of carbonyl (C=O) groups is 2. The zero-order valence-electron chi connectivity index (χ0n) is 10.1. The Hall–Kier alpha value is -2.26. The maximum atomic E-state index is 11.5. The number of benzene rings is 1. The number of nitrogens with one attached hydrogen (secondary N) is 2. The lowest BCUT2D eigenvalue weighted by Crippen LogP contribution is -2.34. The second kappa shape index (κ2) is 6.61. The van der Waals surface area contributed by atoms with Crippen LogP contribution >= 0.6 is 11.6 Å². The average Bonchev–Trinajstić information content (AvgIpc) is 2.38. The molecule has 0 aliphatic carbocycles. The van der Waals surface area contributed by atoms with Crippen LogP contribution in [0.2, 0.25) is 5.02 Å². The highest BCUT2D eigenvalue weighted by Crippen LogP contribution is 2.22. The van der Waals surface area contributed by atoms with Crippen LogP contribution in [-0.2, 0) is 4.79 Å². The number of hydrogen-bond acceptors (Lipinski definition) is 3. The number of hydrogen-bond donors (Lipinski definition) is 3. The highest BCUT2D eigenvalue weighted by molar-refractivity contribution is 6.33. The second-order valence-corrected chi connectivity index (χ2v) is 4.29. The topological polar surface area (TPSA) is 102 Å². The Morgan fingerprint density at radius 1 is 1.53 bits per heavy atom. The van der Waals surface area contributed by atoms with E-state index >= 15 is 0 Å². The molecule has 1 unspecified atom stereocenters. The lowest BCUT2D eigenvalue weighted by atomic mass is 10.2. The molecule has 19 heavy (non-hydrogen) atoms. The van der Waals surface area contributed by atoms with Gasteiger partial charge in [0.05, 0.1) is 28.3 Å². The molecule has 0 radical (unpaired) electrons. The van der Waals surface area contributed by atoms with Crippen LogP contribution in [0.3, 0.4) is 0 Å². The minimum absolute atomic E-state index is 0.00899. The molecule has 2 amide bonds. The van der Waals surface area contributed by atoms with Crippen molar-refractivity contribution in [3.05, 3.63) is 28.8 Å². The summed E-state index contributed by atoms with van der Waals surface area (Å²) in [5.74, 6) is -1.67. The summed E-state index contributed by atoms with van der Waals surface area (Å²) >= 11 is 5.88. The summed E-state index contributed by atoms with van der Waals surface area (Å²) in [4.78, 5) is 22.1. The Labute approximate surface area is 115 Å². The fourth-order valence-electron chi connectivity index (χ4n) is 1.19. The van der Waals surface area contributed by atoms with E-state index in [2.05, 4.69) is 10.6 Å². The molecule has 0 bridgehead atoms. The first-order chi connectivity index (χ1) is 8.93. The SMILES string of the molecule is CC(CNC(=O)Nc1ccc(C#N)cc1Cl)C(=O)O. The number of halogens is 1. The van der Waals surface area contributed by atoms with Crippen LogP contribution in [0.1, 0.15) is 12.5 Å². The molecule has 1 aromatic rings. The molecule has 0 heterocycles. The first-order valence-corrected chi connectivity index (χ1v) is 5.79.